The molecule has 1 aliphatic heterocycles. The SMILES string of the molecule is O=C1C[C@H](N(C(=O)COc2ccc(F)cc2F)C2CC2)C(=O)N1. The van der Waals surface area contributed by atoms with Gasteiger partial charge in [-0.2, -0.15) is 0 Å². The molecule has 1 N–H and O–H groups in total. The maximum absolute atomic E-state index is 13.5. The predicted octanol–water partition coefficient (Wildman–Crippen LogP) is 0.750. The average molecular weight is 324 g/mol. The summed E-state index contributed by atoms with van der Waals surface area (Å²) in [6.07, 6.45) is 1.41. The molecular formula is C15H14F2N2O4. The van der Waals surface area contributed by atoms with Crippen LogP contribution in [0.4, 0.5) is 8.78 Å². The molecule has 1 aromatic carbocycles. The Morgan fingerprint density at radius 3 is 2.61 bits per heavy atom. The molecule has 0 spiro atoms. The Bertz CT molecular complexity index is 675. The molecule has 2 fully saturated rings. The fraction of sp³-hybridized carbons (Fsp3) is 0.400. The van der Waals surface area contributed by atoms with Crippen molar-refractivity contribution >= 4 is 17.7 Å². The van der Waals surface area contributed by atoms with E-state index in [2.05, 4.69) is 5.32 Å². The zero-order chi connectivity index (χ0) is 16.6. The van der Waals surface area contributed by atoms with Gasteiger partial charge in [-0.3, -0.25) is 19.7 Å². The molecule has 1 atom stereocenters. The quantitative estimate of drug-likeness (QED) is 0.811. The van der Waals surface area contributed by atoms with Crippen LogP contribution < -0.4 is 10.1 Å². The zero-order valence-electron chi connectivity index (χ0n) is 12.1. The maximum Gasteiger partial charge on any atom is 0.261 e. The molecule has 1 heterocycles. The molecule has 6 nitrogen and oxygen atoms in total. The highest BCUT2D eigenvalue weighted by atomic mass is 19.1. The van der Waals surface area contributed by atoms with Crippen LogP contribution in [-0.4, -0.2) is 41.3 Å². The summed E-state index contributed by atoms with van der Waals surface area (Å²) in [5.41, 5.74) is 0. The number of rotatable bonds is 5. The fourth-order valence-electron chi connectivity index (χ4n) is 2.56. The van der Waals surface area contributed by atoms with E-state index in [0.29, 0.717) is 6.07 Å². The van der Waals surface area contributed by atoms with Crippen molar-refractivity contribution in [3.05, 3.63) is 29.8 Å². The molecule has 8 heteroatoms. The van der Waals surface area contributed by atoms with Crippen LogP contribution in [0.5, 0.6) is 5.75 Å². The standard InChI is InChI=1S/C15H14F2N2O4/c16-8-1-4-12(10(17)5-8)23-7-14(21)19(9-2-3-9)11-6-13(20)18-15(11)22/h1,4-5,9,11H,2-3,6-7H2,(H,18,20,22)/t11-/m0/s1. The number of imide groups is 1. The number of ether oxygens (including phenoxy) is 1. The van der Waals surface area contributed by atoms with Gasteiger partial charge in [0.05, 0.1) is 6.42 Å². The van der Waals surface area contributed by atoms with Gasteiger partial charge in [-0.25, -0.2) is 8.78 Å². The lowest BCUT2D eigenvalue weighted by molar-refractivity contribution is -0.141. The number of amides is 3. The van der Waals surface area contributed by atoms with E-state index in [1.54, 1.807) is 0 Å². The van der Waals surface area contributed by atoms with Gasteiger partial charge in [0.25, 0.3) is 5.91 Å². The monoisotopic (exact) mass is 324 g/mol. The topological polar surface area (TPSA) is 75.7 Å². The number of halogens is 2. The molecule has 0 unspecified atom stereocenters. The van der Waals surface area contributed by atoms with E-state index >= 15 is 0 Å². The summed E-state index contributed by atoms with van der Waals surface area (Å²) >= 11 is 0. The second kappa shape index (κ2) is 5.94. The van der Waals surface area contributed by atoms with E-state index in [4.69, 9.17) is 4.74 Å². The molecular weight excluding hydrogens is 310 g/mol. The largest absolute Gasteiger partial charge is 0.481 e. The summed E-state index contributed by atoms with van der Waals surface area (Å²) in [5.74, 6) is -3.35. The minimum Gasteiger partial charge on any atom is -0.481 e. The van der Waals surface area contributed by atoms with Crippen molar-refractivity contribution < 1.29 is 27.9 Å². The Morgan fingerprint density at radius 2 is 2.04 bits per heavy atom. The molecule has 3 rings (SSSR count). The zero-order valence-corrected chi connectivity index (χ0v) is 12.1. The summed E-state index contributed by atoms with van der Waals surface area (Å²) in [7, 11) is 0. The number of carbonyl (C=O) groups excluding carboxylic acids is 3. The first-order valence-corrected chi connectivity index (χ1v) is 7.18. The molecule has 1 saturated heterocycles. The minimum atomic E-state index is -0.912. The first-order chi connectivity index (χ1) is 11.0. The van der Waals surface area contributed by atoms with Crippen molar-refractivity contribution in [3.8, 4) is 5.75 Å². The van der Waals surface area contributed by atoms with Gasteiger partial charge in [0.15, 0.2) is 18.2 Å². The van der Waals surface area contributed by atoms with Gasteiger partial charge in [-0.1, -0.05) is 0 Å². The third-order valence-electron chi connectivity index (χ3n) is 3.75. The maximum atomic E-state index is 13.5. The second-order valence-electron chi connectivity index (χ2n) is 5.53. The van der Waals surface area contributed by atoms with Gasteiger partial charge < -0.3 is 9.64 Å². The van der Waals surface area contributed by atoms with Gasteiger partial charge in [-0.15, -0.1) is 0 Å². The molecule has 1 aliphatic carbocycles. The van der Waals surface area contributed by atoms with E-state index in [1.165, 1.54) is 4.90 Å². The van der Waals surface area contributed by atoms with Crippen molar-refractivity contribution in [2.45, 2.75) is 31.3 Å². The number of hydrogen-bond acceptors (Lipinski definition) is 4. The lowest BCUT2D eigenvalue weighted by Gasteiger charge is -2.26. The van der Waals surface area contributed by atoms with Crippen molar-refractivity contribution in [2.24, 2.45) is 0 Å². The highest BCUT2D eigenvalue weighted by Crippen LogP contribution is 2.31. The molecule has 0 aromatic heterocycles. The molecule has 1 aromatic rings. The van der Waals surface area contributed by atoms with Gasteiger partial charge in [-0.05, 0) is 25.0 Å². The molecule has 122 valence electrons. The first kappa shape index (κ1) is 15.4. The van der Waals surface area contributed by atoms with Gasteiger partial charge in [0, 0.05) is 12.1 Å². The van der Waals surface area contributed by atoms with Crippen molar-refractivity contribution in [2.75, 3.05) is 6.61 Å². The fourth-order valence-corrected chi connectivity index (χ4v) is 2.56. The Morgan fingerprint density at radius 1 is 1.30 bits per heavy atom. The average Bonchev–Trinajstić information content (AvgIpc) is 3.24. The molecule has 23 heavy (non-hydrogen) atoms. The highest BCUT2D eigenvalue weighted by Gasteiger charge is 2.44. The number of benzene rings is 1. The molecule has 1 saturated carbocycles. The predicted molar refractivity (Wildman–Crippen MR) is 73.3 cm³/mol. The van der Waals surface area contributed by atoms with Crippen LogP contribution in [0.25, 0.3) is 0 Å². The summed E-state index contributed by atoms with van der Waals surface area (Å²) < 4.78 is 31.4. The highest BCUT2D eigenvalue weighted by molar-refractivity contribution is 6.07. The van der Waals surface area contributed by atoms with E-state index in [0.717, 1.165) is 25.0 Å². The van der Waals surface area contributed by atoms with Gasteiger partial charge in [0.1, 0.15) is 11.9 Å². The van der Waals surface area contributed by atoms with E-state index in [-0.39, 0.29) is 18.2 Å². The van der Waals surface area contributed by atoms with E-state index in [9.17, 15) is 23.2 Å². The lowest BCUT2D eigenvalue weighted by Crippen LogP contribution is -2.47. The summed E-state index contributed by atoms with van der Waals surface area (Å²) in [6.45, 7) is -0.489. The second-order valence-corrected chi connectivity index (χ2v) is 5.53. The number of nitrogens with zero attached hydrogens (tertiary/aromatic N) is 1. The van der Waals surface area contributed by atoms with E-state index < -0.39 is 42.0 Å². The molecule has 3 amide bonds. The minimum absolute atomic E-state index is 0.0774. The Hall–Kier alpha value is -2.51. The van der Waals surface area contributed by atoms with Gasteiger partial charge in [0.2, 0.25) is 11.8 Å². The summed E-state index contributed by atoms with van der Waals surface area (Å²) in [4.78, 5) is 36.7. The number of carbonyl (C=O) groups is 3. The van der Waals surface area contributed by atoms with Crippen LogP contribution >= 0.6 is 0 Å². The summed E-state index contributed by atoms with van der Waals surface area (Å²) in [5, 5.41) is 2.16. The smallest absolute Gasteiger partial charge is 0.261 e. The third kappa shape index (κ3) is 3.30. The van der Waals surface area contributed by atoms with Crippen LogP contribution in [0, 0.1) is 11.6 Å². The normalized spacial score (nSPS) is 20.3. The van der Waals surface area contributed by atoms with Crippen LogP contribution in [0.3, 0.4) is 0 Å². The molecule has 0 radical (unpaired) electrons. The van der Waals surface area contributed by atoms with Crippen LogP contribution in [0.1, 0.15) is 19.3 Å². The lowest BCUT2D eigenvalue weighted by atomic mass is 10.2. The number of hydrogen-bond donors (Lipinski definition) is 1. The Labute approximate surface area is 130 Å². The van der Waals surface area contributed by atoms with Crippen LogP contribution in [-0.2, 0) is 14.4 Å². The van der Waals surface area contributed by atoms with Crippen molar-refractivity contribution in [3.63, 3.8) is 0 Å². The van der Waals surface area contributed by atoms with Crippen molar-refractivity contribution in [1.29, 1.82) is 0 Å². The van der Waals surface area contributed by atoms with Gasteiger partial charge >= 0.3 is 0 Å². The van der Waals surface area contributed by atoms with Crippen molar-refractivity contribution in [1.82, 2.24) is 10.2 Å². The number of nitrogens with one attached hydrogen (secondary N) is 1. The molecule has 0 bridgehead atoms. The van der Waals surface area contributed by atoms with Crippen LogP contribution in [0.2, 0.25) is 0 Å². The van der Waals surface area contributed by atoms with Crippen LogP contribution in [0.15, 0.2) is 18.2 Å². The first-order valence-electron chi connectivity index (χ1n) is 7.18. The van der Waals surface area contributed by atoms with E-state index in [1.807, 2.05) is 0 Å². The molecule has 2 aliphatic rings. The Kier molecular flexibility index (Phi) is 3.97. The third-order valence-corrected chi connectivity index (χ3v) is 3.75. The Balaban J connectivity index is 1.67. The summed E-state index contributed by atoms with van der Waals surface area (Å²) in [6, 6.07) is 1.81.